The van der Waals surface area contributed by atoms with Gasteiger partial charge in [0.25, 0.3) is 0 Å². The van der Waals surface area contributed by atoms with E-state index in [4.69, 9.17) is 16.4 Å². The molecule has 0 spiro atoms. The van der Waals surface area contributed by atoms with Crippen molar-refractivity contribution >= 4 is 27.3 Å². The van der Waals surface area contributed by atoms with Crippen molar-refractivity contribution < 1.29 is 26.4 Å². The van der Waals surface area contributed by atoms with Crippen molar-refractivity contribution in [1.29, 1.82) is 0 Å². The van der Waals surface area contributed by atoms with E-state index in [1.807, 2.05) is 0 Å². The fraction of sp³-hybridized carbons (Fsp3) is 0.375. The van der Waals surface area contributed by atoms with Crippen molar-refractivity contribution in [3.63, 3.8) is 0 Å². The van der Waals surface area contributed by atoms with Crippen molar-refractivity contribution in [2.24, 2.45) is 5.92 Å². The zero-order valence-electron chi connectivity index (χ0n) is 14.3. The zero-order valence-corrected chi connectivity index (χ0v) is 15.9. The van der Waals surface area contributed by atoms with E-state index in [2.05, 4.69) is 9.97 Å². The topological polar surface area (TPSA) is 72.4 Å². The first kappa shape index (κ1) is 19.8. The molecule has 1 aromatic heterocycles. The molecule has 3 rings (SSSR count). The summed E-state index contributed by atoms with van der Waals surface area (Å²) in [4.78, 5) is 12.8. The third kappa shape index (κ3) is 4.17. The Morgan fingerprint density at radius 3 is 2.26 bits per heavy atom. The summed E-state index contributed by atoms with van der Waals surface area (Å²) in [6, 6.07) is 0.974. The van der Waals surface area contributed by atoms with Gasteiger partial charge in [-0.3, -0.25) is 4.84 Å². The van der Waals surface area contributed by atoms with Gasteiger partial charge in [0.05, 0.1) is 24.8 Å². The normalized spacial score (nSPS) is 14.4. The third-order valence-electron chi connectivity index (χ3n) is 3.99. The molecule has 2 aromatic rings. The van der Waals surface area contributed by atoms with E-state index >= 15 is 0 Å². The van der Waals surface area contributed by atoms with Crippen LogP contribution >= 0.6 is 11.6 Å². The number of nitrogens with zero attached hydrogens (tertiary/aromatic N) is 3. The highest BCUT2D eigenvalue weighted by atomic mass is 35.5. The lowest BCUT2D eigenvalue weighted by Crippen LogP contribution is -2.27. The molecule has 0 unspecified atom stereocenters. The van der Waals surface area contributed by atoms with Gasteiger partial charge in [-0.25, -0.2) is 31.6 Å². The van der Waals surface area contributed by atoms with E-state index in [0.717, 1.165) is 19.1 Å². The summed E-state index contributed by atoms with van der Waals surface area (Å²) in [6.07, 6.45) is 2.72. The number of halogens is 4. The fourth-order valence-electron chi connectivity index (χ4n) is 2.53. The highest BCUT2D eigenvalue weighted by Crippen LogP contribution is 2.40. The first-order valence-corrected chi connectivity index (χ1v) is 10.1. The molecule has 11 heteroatoms. The van der Waals surface area contributed by atoms with E-state index in [1.54, 1.807) is 0 Å². The van der Waals surface area contributed by atoms with Gasteiger partial charge in [-0.1, -0.05) is 11.6 Å². The molecule has 0 amide bonds. The lowest BCUT2D eigenvalue weighted by atomic mass is 10.1. The Kier molecular flexibility index (Phi) is 5.33. The Labute approximate surface area is 158 Å². The number of hydrogen-bond donors (Lipinski definition) is 0. The van der Waals surface area contributed by atoms with Crippen LogP contribution in [0.2, 0.25) is 5.15 Å². The molecule has 1 heterocycles. The van der Waals surface area contributed by atoms with Crippen LogP contribution in [0.15, 0.2) is 17.3 Å². The van der Waals surface area contributed by atoms with Gasteiger partial charge in [0.1, 0.15) is 22.6 Å². The molecule has 1 saturated carbocycles. The molecule has 0 aliphatic heterocycles. The second-order valence-electron chi connectivity index (χ2n) is 6.20. The third-order valence-corrected chi connectivity index (χ3v) is 5.11. The predicted octanol–water partition coefficient (Wildman–Crippen LogP) is 3.40. The van der Waals surface area contributed by atoms with E-state index in [0.29, 0.717) is 18.7 Å². The lowest BCUT2D eigenvalue weighted by Gasteiger charge is -2.24. The van der Waals surface area contributed by atoms with Crippen LogP contribution in [-0.4, -0.2) is 38.3 Å². The van der Waals surface area contributed by atoms with E-state index in [1.165, 1.54) is 12.2 Å². The number of sulfone groups is 1. The number of hydrogen-bond acceptors (Lipinski definition) is 6. The maximum absolute atomic E-state index is 14.4. The molecule has 146 valence electrons. The first-order chi connectivity index (χ1) is 12.6. The van der Waals surface area contributed by atoms with Gasteiger partial charge < -0.3 is 0 Å². The number of aromatic nitrogens is 2. The monoisotopic (exact) mass is 421 g/mol. The van der Waals surface area contributed by atoms with Crippen molar-refractivity contribution in [2.45, 2.75) is 18.0 Å². The van der Waals surface area contributed by atoms with E-state index in [-0.39, 0.29) is 17.3 Å². The van der Waals surface area contributed by atoms with Crippen molar-refractivity contribution in [3.05, 3.63) is 34.7 Å². The van der Waals surface area contributed by atoms with Gasteiger partial charge in [-0.05, 0) is 18.8 Å². The van der Waals surface area contributed by atoms with Gasteiger partial charge in [0.2, 0.25) is 15.0 Å². The largest absolute Gasteiger partial charge is 0.275 e. The SMILES string of the molecule is CON(CC1CC1)c1nc(S(C)(=O)=O)nc(Cl)c1-c1c(F)cc(F)cc1F. The molecule has 1 aromatic carbocycles. The Morgan fingerprint density at radius 1 is 1.19 bits per heavy atom. The van der Waals surface area contributed by atoms with Crippen LogP contribution in [0.5, 0.6) is 0 Å². The Morgan fingerprint density at radius 2 is 1.78 bits per heavy atom. The predicted molar refractivity (Wildman–Crippen MR) is 92.5 cm³/mol. The van der Waals surface area contributed by atoms with Gasteiger partial charge in [-0.2, -0.15) is 4.98 Å². The minimum atomic E-state index is -3.86. The molecule has 1 aliphatic rings. The molecular formula is C16H15ClF3N3O3S. The summed E-state index contributed by atoms with van der Waals surface area (Å²) in [5.41, 5.74) is -0.990. The van der Waals surface area contributed by atoms with Gasteiger partial charge in [0.15, 0.2) is 5.82 Å². The minimum Gasteiger partial charge on any atom is -0.275 e. The lowest BCUT2D eigenvalue weighted by molar-refractivity contribution is 0.161. The fourth-order valence-corrected chi connectivity index (χ4v) is 3.35. The molecular weight excluding hydrogens is 407 g/mol. The average molecular weight is 422 g/mol. The van der Waals surface area contributed by atoms with Gasteiger partial charge in [-0.15, -0.1) is 0 Å². The summed E-state index contributed by atoms with van der Waals surface area (Å²) in [5.74, 6) is -3.52. The second kappa shape index (κ2) is 7.25. The number of rotatable bonds is 6. The summed E-state index contributed by atoms with van der Waals surface area (Å²) in [5, 5.41) is 0.0898. The average Bonchev–Trinajstić information content (AvgIpc) is 3.36. The Balaban J connectivity index is 2.29. The van der Waals surface area contributed by atoms with Crippen LogP contribution in [-0.2, 0) is 14.7 Å². The summed E-state index contributed by atoms with van der Waals surface area (Å²) in [7, 11) is -2.56. The van der Waals surface area contributed by atoms with Crippen molar-refractivity contribution in [1.82, 2.24) is 9.97 Å². The first-order valence-electron chi connectivity index (χ1n) is 7.86. The maximum Gasteiger partial charge on any atom is 0.250 e. The molecule has 0 N–H and O–H groups in total. The van der Waals surface area contributed by atoms with E-state index in [9.17, 15) is 21.6 Å². The second-order valence-corrected chi connectivity index (χ2v) is 8.47. The van der Waals surface area contributed by atoms with Crippen LogP contribution < -0.4 is 5.06 Å². The molecule has 1 fully saturated rings. The quantitative estimate of drug-likeness (QED) is 0.404. The maximum atomic E-state index is 14.4. The summed E-state index contributed by atoms with van der Waals surface area (Å²) < 4.78 is 65.8. The smallest absolute Gasteiger partial charge is 0.250 e. The number of anilines is 1. The zero-order chi connectivity index (χ0) is 19.9. The number of benzene rings is 1. The minimum absolute atomic E-state index is 0.214. The summed E-state index contributed by atoms with van der Waals surface area (Å²) in [6.45, 7) is 0.310. The molecule has 0 radical (unpaired) electrons. The number of hydroxylamine groups is 1. The van der Waals surface area contributed by atoms with Crippen LogP contribution in [0, 0.1) is 23.4 Å². The molecule has 6 nitrogen and oxygen atoms in total. The van der Waals surface area contributed by atoms with Crippen molar-refractivity contribution in [3.8, 4) is 11.1 Å². The highest BCUT2D eigenvalue weighted by molar-refractivity contribution is 7.90. The molecule has 0 atom stereocenters. The highest BCUT2D eigenvalue weighted by Gasteiger charge is 2.31. The van der Waals surface area contributed by atoms with Gasteiger partial charge in [0, 0.05) is 18.4 Å². The molecule has 27 heavy (non-hydrogen) atoms. The Hall–Kier alpha value is -1.91. The standard InChI is InChI=1S/C16H15ClF3N3O3S/c1-26-23(7-8-3-4-8)15-13(12-10(19)5-9(18)6-11(12)20)14(17)21-16(22-15)27(2,24)25/h5-6,8H,3-4,7H2,1-2H3. The molecule has 1 aliphatic carbocycles. The van der Waals surface area contributed by atoms with Crippen LogP contribution in [0.1, 0.15) is 12.8 Å². The summed E-state index contributed by atoms with van der Waals surface area (Å²) >= 11 is 6.09. The van der Waals surface area contributed by atoms with Crippen LogP contribution in [0.25, 0.3) is 11.1 Å². The van der Waals surface area contributed by atoms with E-state index < -0.39 is 43.2 Å². The van der Waals surface area contributed by atoms with Crippen molar-refractivity contribution in [2.75, 3.05) is 25.0 Å². The van der Waals surface area contributed by atoms with Crippen LogP contribution in [0.3, 0.4) is 0 Å². The molecule has 0 bridgehead atoms. The Bertz CT molecular complexity index is 977. The molecule has 0 saturated heterocycles. The van der Waals surface area contributed by atoms with Crippen LogP contribution in [0.4, 0.5) is 19.0 Å². The van der Waals surface area contributed by atoms with Gasteiger partial charge >= 0.3 is 0 Å².